The number of allylic oxidation sites excluding steroid dienone is 1. The minimum atomic E-state index is 0.0630. The van der Waals surface area contributed by atoms with Gasteiger partial charge in [0.25, 0.3) is 0 Å². The number of nitrogens with zero attached hydrogens (tertiary/aromatic N) is 2. The van der Waals surface area contributed by atoms with Gasteiger partial charge in [0.2, 0.25) is 0 Å². The lowest BCUT2D eigenvalue weighted by atomic mass is 10.3. The van der Waals surface area contributed by atoms with Crippen LogP contribution in [0.5, 0.6) is 0 Å². The first-order valence-electron chi connectivity index (χ1n) is 3.64. The van der Waals surface area contributed by atoms with E-state index in [0.717, 1.165) is 5.70 Å². The van der Waals surface area contributed by atoms with E-state index in [1.807, 2.05) is 30.9 Å². The van der Waals surface area contributed by atoms with Crippen molar-refractivity contribution in [1.29, 1.82) is 0 Å². The van der Waals surface area contributed by atoms with Crippen molar-refractivity contribution in [2.75, 3.05) is 7.05 Å². The zero-order valence-corrected chi connectivity index (χ0v) is 7.20. The summed E-state index contributed by atoms with van der Waals surface area (Å²) in [5.41, 5.74) is 0.856. The summed E-state index contributed by atoms with van der Waals surface area (Å²) in [5, 5.41) is 13.2. The molecule has 62 valence electrons. The van der Waals surface area contributed by atoms with Crippen LogP contribution in [0.4, 0.5) is 0 Å². The lowest BCUT2D eigenvalue weighted by Gasteiger charge is -2.25. The standard InChI is InChI=1S/C8H14N2O/c1-5-10-7(3)8(11)6(2)9(10)4/h5-6,11H,1H2,2-4H3. The first-order chi connectivity index (χ1) is 5.09. The summed E-state index contributed by atoms with van der Waals surface area (Å²) < 4.78 is 0. The Hall–Kier alpha value is -0.960. The molecule has 0 radical (unpaired) electrons. The van der Waals surface area contributed by atoms with Crippen molar-refractivity contribution in [3.63, 3.8) is 0 Å². The Balaban J connectivity index is 2.94. The monoisotopic (exact) mass is 154 g/mol. The van der Waals surface area contributed by atoms with E-state index in [2.05, 4.69) is 6.58 Å². The van der Waals surface area contributed by atoms with Crippen molar-refractivity contribution in [2.24, 2.45) is 0 Å². The Morgan fingerprint density at radius 2 is 2.18 bits per heavy atom. The predicted molar refractivity (Wildman–Crippen MR) is 44.6 cm³/mol. The van der Waals surface area contributed by atoms with Gasteiger partial charge in [-0.05, 0) is 13.8 Å². The van der Waals surface area contributed by atoms with Crippen molar-refractivity contribution in [3.05, 3.63) is 24.2 Å². The number of rotatable bonds is 1. The van der Waals surface area contributed by atoms with Gasteiger partial charge in [-0.1, -0.05) is 6.58 Å². The van der Waals surface area contributed by atoms with Crippen LogP contribution in [-0.4, -0.2) is 28.2 Å². The highest BCUT2D eigenvalue weighted by molar-refractivity contribution is 5.16. The summed E-state index contributed by atoms with van der Waals surface area (Å²) in [6.07, 6.45) is 1.69. The van der Waals surface area contributed by atoms with Gasteiger partial charge in [0.1, 0.15) is 5.76 Å². The third-order valence-electron chi connectivity index (χ3n) is 2.18. The lowest BCUT2D eigenvalue weighted by molar-refractivity contribution is 0.0845. The molecule has 0 bridgehead atoms. The Bertz CT molecular complexity index is 210. The fourth-order valence-electron chi connectivity index (χ4n) is 1.29. The topological polar surface area (TPSA) is 26.7 Å². The second-order valence-electron chi connectivity index (χ2n) is 2.75. The summed E-state index contributed by atoms with van der Waals surface area (Å²) in [4.78, 5) is 0. The summed E-state index contributed by atoms with van der Waals surface area (Å²) in [7, 11) is 1.92. The number of aliphatic hydroxyl groups is 1. The number of hydrazine groups is 1. The van der Waals surface area contributed by atoms with Crippen LogP contribution in [-0.2, 0) is 0 Å². The Morgan fingerprint density at radius 1 is 1.64 bits per heavy atom. The smallest absolute Gasteiger partial charge is 0.132 e. The van der Waals surface area contributed by atoms with Crippen molar-refractivity contribution >= 4 is 0 Å². The van der Waals surface area contributed by atoms with Crippen molar-refractivity contribution in [3.8, 4) is 0 Å². The van der Waals surface area contributed by atoms with Gasteiger partial charge in [-0.15, -0.1) is 0 Å². The highest BCUT2D eigenvalue weighted by atomic mass is 16.3. The quantitative estimate of drug-likeness (QED) is 0.619. The van der Waals surface area contributed by atoms with E-state index >= 15 is 0 Å². The molecule has 1 aliphatic heterocycles. The maximum atomic E-state index is 9.49. The number of hydrogen-bond acceptors (Lipinski definition) is 3. The fraction of sp³-hybridized carbons (Fsp3) is 0.500. The van der Waals surface area contributed by atoms with E-state index in [1.165, 1.54) is 0 Å². The zero-order chi connectivity index (χ0) is 8.59. The molecule has 0 aromatic carbocycles. The van der Waals surface area contributed by atoms with Crippen LogP contribution < -0.4 is 0 Å². The molecule has 0 fully saturated rings. The van der Waals surface area contributed by atoms with Gasteiger partial charge in [-0.3, -0.25) is 5.01 Å². The number of likely N-dealkylation sites (N-methyl/N-ethyl adjacent to an activating group) is 1. The van der Waals surface area contributed by atoms with Crippen LogP contribution in [0.2, 0.25) is 0 Å². The van der Waals surface area contributed by atoms with E-state index in [-0.39, 0.29) is 6.04 Å². The molecule has 0 saturated heterocycles. The summed E-state index contributed by atoms with van der Waals surface area (Å²) in [6, 6.07) is 0.0630. The third-order valence-corrected chi connectivity index (χ3v) is 2.18. The van der Waals surface area contributed by atoms with Crippen LogP contribution >= 0.6 is 0 Å². The molecule has 11 heavy (non-hydrogen) atoms. The van der Waals surface area contributed by atoms with Crippen LogP contribution in [0.1, 0.15) is 13.8 Å². The van der Waals surface area contributed by atoms with Crippen molar-refractivity contribution in [1.82, 2.24) is 10.0 Å². The second kappa shape index (κ2) is 2.58. The van der Waals surface area contributed by atoms with Gasteiger partial charge in [0, 0.05) is 13.2 Å². The van der Waals surface area contributed by atoms with Crippen LogP contribution in [0.3, 0.4) is 0 Å². The maximum absolute atomic E-state index is 9.49. The lowest BCUT2D eigenvalue weighted by Crippen LogP contribution is -2.34. The third kappa shape index (κ3) is 1.01. The fourth-order valence-corrected chi connectivity index (χ4v) is 1.29. The molecule has 0 aromatic heterocycles. The molecule has 1 atom stereocenters. The zero-order valence-electron chi connectivity index (χ0n) is 7.20. The van der Waals surface area contributed by atoms with Gasteiger partial charge < -0.3 is 5.11 Å². The maximum Gasteiger partial charge on any atom is 0.132 e. The largest absolute Gasteiger partial charge is 0.509 e. The molecule has 0 saturated carbocycles. The molecule has 1 heterocycles. The molecule has 0 amide bonds. The first-order valence-corrected chi connectivity index (χ1v) is 3.64. The number of hydrogen-bond donors (Lipinski definition) is 1. The molecule has 1 aliphatic rings. The van der Waals surface area contributed by atoms with E-state index in [1.54, 1.807) is 6.20 Å². The van der Waals surface area contributed by atoms with Crippen LogP contribution in [0.25, 0.3) is 0 Å². The first kappa shape index (κ1) is 8.14. The molecule has 0 aliphatic carbocycles. The Labute approximate surface area is 67.2 Å². The van der Waals surface area contributed by atoms with Crippen molar-refractivity contribution < 1.29 is 5.11 Å². The number of aliphatic hydroxyl groups excluding tert-OH is 1. The minimum Gasteiger partial charge on any atom is -0.509 e. The molecule has 3 heteroatoms. The normalized spacial score (nSPS) is 26.5. The molecular weight excluding hydrogens is 140 g/mol. The van der Waals surface area contributed by atoms with Gasteiger partial charge >= 0.3 is 0 Å². The van der Waals surface area contributed by atoms with Crippen LogP contribution in [0.15, 0.2) is 24.2 Å². The second-order valence-corrected chi connectivity index (χ2v) is 2.75. The van der Waals surface area contributed by atoms with Gasteiger partial charge in [-0.2, -0.15) is 0 Å². The van der Waals surface area contributed by atoms with E-state index in [0.29, 0.717) is 5.76 Å². The predicted octanol–water partition coefficient (Wildman–Crippen LogP) is 1.47. The summed E-state index contributed by atoms with van der Waals surface area (Å²) in [6.45, 7) is 7.47. The summed E-state index contributed by atoms with van der Waals surface area (Å²) >= 11 is 0. The average molecular weight is 154 g/mol. The molecule has 1 unspecified atom stereocenters. The van der Waals surface area contributed by atoms with Gasteiger partial charge in [0.15, 0.2) is 0 Å². The van der Waals surface area contributed by atoms with Crippen molar-refractivity contribution in [2.45, 2.75) is 19.9 Å². The van der Waals surface area contributed by atoms with Crippen LogP contribution in [0, 0.1) is 0 Å². The minimum absolute atomic E-state index is 0.0630. The highest BCUT2D eigenvalue weighted by Gasteiger charge is 2.29. The van der Waals surface area contributed by atoms with Gasteiger partial charge in [-0.25, -0.2) is 5.01 Å². The molecule has 1 N–H and O–H groups in total. The summed E-state index contributed by atoms with van der Waals surface area (Å²) in [5.74, 6) is 0.424. The molecule has 1 rings (SSSR count). The highest BCUT2D eigenvalue weighted by Crippen LogP contribution is 2.25. The molecule has 0 spiro atoms. The van der Waals surface area contributed by atoms with E-state index in [4.69, 9.17) is 0 Å². The van der Waals surface area contributed by atoms with E-state index in [9.17, 15) is 5.11 Å². The molecule has 0 aromatic rings. The Kier molecular flexibility index (Phi) is 1.91. The average Bonchev–Trinajstić information content (AvgIpc) is 2.17. The molecule has 3 nitrogen and oxygen atoms in total. The Morgan fingerprint density at radius 3 is 2.36 bits per heavy atom. The SMILES string of the molecule is C=CN1C(C)=C(O)C(C)N1C. The molecular formula is C8H14N2O. The van der Waals surface area contributed by atoms with Gasteiger partial charge in [0.05, 0.1) is 11.7 Å². The van der Waals surface area contributed by atoms with E-state index < -0.39 is 0 Å².